The van der Waals surface area contributed by atoms with E-state index in [2.05, 4.69) is 4.74 Å². The largest absolute Gasteiger partial charge is 0.465 e. The first-order valence-electron chi connectivity index (χ1n) is 9.14. The molecule has 0 saturated carbocycles. The van der Waals surface area contributed by atoms with Gasteiger partial charge in [0.05, 0.1) is 12.0 Å². The Morgan fingerprint density at radius 3 is 1.93 bits per heavy atom. The summed E-state index contributed by atoms with van der Waals surface area (Å²) in [6.07, 6.45) is 1.84. The zero-order valence-corrected chi connectivity index (χ0v) is 17.2. The maximum absolute atomic E-state index is 14.6. The lowest BCUT2D eigenvalue weighted by molar-refractivity contribution is 0.0589. The highest BCUT2D eigenvalue weighted by Crippen LogP contribution is 2.34. The zero-order chi connectivity index (χ0) is 21.7. The Kier molecular flexibility index (Phi) is 7.00. The molecule has 0 heterocycles. The van der Waals surface area contributed by atoms with Gasteiger partial charge in [0.1, 0.15) is 11.4 Å². The van der Waals surface area contributed by atoms with Gasteiger partial charge in [-0.3, -0.25) is 0 Å². The molecule has 0 fully saturated rings. The minimum atomic E-state index is -1.31. The minimum absolute atomic E-state index is 0.183. The van der Waals surface area contributed by atoms with Gasteiger partial charge < -0.3 is 4.74 Å². The molecule has 6 heteroatoms. The molecular weight excluding hydrogens is 409 g/mol. The Labute approximate surface area is 177 Å². The Morgan fingerprint density at radius 1 is 0.900 bits per heavy atom. The summed E-state index contributed by atoms with van der Waals surface area (Å²) in [4.78, 5) is 11.6. The fourth-order valence-corrected chi connectivity index (χ4v) is 3.97. The molecule has 3 rings (SSSR count). The number of hydrogen-bond acceptors (Lipinski definition) is 3. The highest BCUT2D eigenvalue weighted by molar-refractivity contribution is 7.99. The second-order valence-corrected chi connectivity index (χ2v) is 7.45. The number of ether oxygens (including phenoxy) is 1. The molecule has 0 aliphatic carbocycles. The monoisotopic (exact) mass is 428 g/mol. The zero-order valence-electron chi connectivity index (χ0n) is 16.4. The molecule has 0 amide bonds. The van der Waals surface area contributed by atoms with Crippen molar-refractivity contribution in [3.63, 3.8) is 0 Å². The van der Waals surface area contributed by atoms with E-state index >= 15 is 0 Å². The third-order valence-corrected chi connectivity index (χ3v) is 5.58. The summed E-state index contributed by atoms with van der Waals surface area (Å²) in [5, 5.41) is 0. The number of benzene rings is 3. The van der Waals surface area contributed by atoms with Crippen LogP contribution in [0, 0.1) is 24.4 Å². The van der Waals surface area contributed by atoms with Crippen LogP contribution < -0.4 is 0 Å². The lowest BCUT2D eigenvalue weighted by Gasteiger charge is -2.13. The normalized spacial score (nSPS) is 10.6. The molecule has 2 nitrogen and oxygen atoms in total. The van der Waals surface area contributed by atoms with Crippen LogP contribution in [-0.2, 0) is 4.74 Å². The van der Waals surface area contributed by atoms with Crippen LogP contribution in [0.4, 0.5) is 13.2 Å². The quantitative estimate of drug-likeness (QED) is 0.257. The summed E-state index contributed by atoms with van der Waals surface area (Å²) >= 11 is 0.840. The molecule has 0 spiro atoms. The van der Waals surface area contributed by atoms with Gasteiger partial charge in [-0.15, -0.1) is 11.8 Å². The predicted molar refractivity (Wildman–Crippen MR) is 113 cm³/mol. The van der Waals surface area contributed by atoms with Crippen LogP contribution >= 0.6 is 11.8 Å². The Morgan fingerprint density at radius 2 is 1.43 bits per heavy atom. The van der Waals surface area contributed by atoms with Crippen LogP contribution in [-0.4, -0.2) is 18.8 Å². The van der Waals surface area contributed by atoms with Crippen molar-refractivity contribution in [1.82, 2.24) is 0 Å². The summed E-state index contributed by atoms with van der Waals surface area (Å²) in [6, 6.07) is 19.2. The third-order valence-electron chi connectivity index (χ3n) is 4.57. The van der Waals surface area contributed by atoms with Crippen molar-refractivity contribution in [3.05, 3.63) is 106 Å². The van der Waals surface area contributed by atoms with Gasteiger partial charge in [0.25, 0.3) is 0 Å². The molecule has 3 aromatic rings. The second kappa shape index (κ2) is 9.67. The average Bonchev–Trinajstić information content (AvgIpc) is 2.79. The van der Waals surface area contributed by atoms with Crippen LogP contribution in [0.1, 0.15) is 27.0 Å². The first-order chi connectivity index (χ1) is 14.5. The van der Waals surface area contributed by atoms with E-state index in [0.717, 1.165) is 42.5 Å². The molecule has 0 bridgehead atoms. The molecule has 0 aliphatic rings. The summed E-state index contributed by atoms with van der Waals surface area (Å²) in [6.45, 7) is 1.08. The van der Waals surface area contributed by atoms with E-state index in [1.165, 1.54) is 0 Å². The van der Waals surface area contributed by atoms with Gasteiger partial charge >= 0.3 is 5.97 Å². The standard InChI is InChI=1S/C24H19F3O2S/c1-15-20(25)19(24(28)29-2)23(22(27)21(15)26)30-14-13-18(16-9-5-3-6-10-16)17-11-7-4-8-12-17/h3-13H,14H2,1-2H3. The molecule has 0 atom stereocenters. The van der Waals surface area contributed by atoms with Gasteiger partial charge in [-0.2, -0.15) is 0 Å². The molecule has 0 aromatic heterocycles. The van der Waals surface area contributed by atoms with E-state index in [1.807, 2.05) is 66.7 Å². The highest BCUT2D eigenvalue weighted by Gasteiger charge is 2.27. The molecule has 0 radical (unpaired) electrons. The number of thioether (sulfide) groups is 1. The number of carbonyl (C=O) groups is 1. The number of halogens is 3. The van der Waals surface area contributed by atoms with Crippen LogP contribution in [0.3, 0.4) is 0 Å². The summed E-state index contributed by atoms with van der Waals surface area (Å²) in [5.74, 6) is -4.54. The molecule has 0 N–H and O–H groups in total. The summed E-state index contributed by atoms with van der Waals surface area (Å²) in [7, 11) is 1.07. The van der Waals surface area contributed by atoms with E-state index in [4.69, 9.17) is 0 Å². The number of carbonyl (C=O) groups excluding carboxylic acids is 1. The predicted octanol–water partition coefficient (Wildman–Crippen LogP) is 6.42. The van der Waals surface area contributed by atoms with Gasteiger partial charge in [-0.05, 0) is 23.6 Å². The van der Waals surface area contributed by atoms with Gasteiger partial charge in [0, 0.05) is 11.3 Å². The number of esters is 1. The molecule has 3 aromatic carbocycles. The highest BCUT2D eigenvalue weighted by atomic mass is 32.2. The number of rotatable bonds is 6. The van der Waals surface area contributed by atoms with Gasteiger partial charge in [0.15, 0.2) is 11.6 Å². The molecule has 30 heavy (non-hydrogen) atoms. The van der Waals surface area contributed by atoms with Crippen molar-refractivity contribution in [2.75, 3.05) is 12.9 Å². The number of methoxy groups -OCH3 is 1. The first kappa shape index (κ1) is 21.7. The van der Waals surface area contributed by atoms with Crippen LogP contribution in [0.5, 0.6) is 0 Å². The van der Waals surface area contributed by atoms with Gasteiger partial charge in [-0.1, -0.05) is 66.7 Å². The van der Waals surface area contributed by atoms with Gasteiger partial charge in [-0.25, -0.2) is 18.0 Å². The molecule has 0 aliphatic heterocycles. The van der Waals surface area contributed by atoms with E-state index in [-0.39, 0.29) is 5.75 Å². The van der Waals surface area contributed by atoms with E-state index < -0.39 is 39.4 Å². The maximum atomic E-state index is 14.6. The maximum Gasteiger partial charge on any atom is 0.342 e. The van der Waals surface area contributed by atoms with E-state index in [0.29, 0.717) is 0 Å². The van der Waals surface area contributed by atoms with Crippen molar-refractivity contribution in [2.45, 2.75) is 11.8 Å². The van der Waals surface area contributed by atoms with Crippen molar-refractivity contribution in [2.24, 2.45) is 0 Å². The van der Waals surface area contributed by atoms with Crippen molar-refractivity contribution < 1.29 is 22.7 Å². The van der Waals surface area contributed by atoms with Crippen molar-refractivity contribution >= 4 is 23.3 Å². The average molecular weight is 428 g/mol. The molecular formula is C24H19F3O2S. The molecule has 0 saturated heterocycles. The minimum Gasteiger partial charge on any atom is -0.465 e. The van der Waals surface area contributed by atoms with E-state index in [1.54, 1.807) is 0 Å². The van der Waals surface area contributed by atoms with Crippen LogP contribution in [0.25, 0.3) is 5.57 Å². The lowest BCUT2D eigenvalue weighted by atomic mass is 9.98. The Balaban J connectivity index is 2.01. The van der Waals surface area contributed by atoms with Gasteiger partial charge in [0.2, 0.25) is 0 Å². The van der Waals surface area contributed by atoms with Crippen molar-refractivity contribution in [3.8, 4) is 0 Å². The van der Waals surface area contributed by atoms with Crippen LogP contribution in [0.2, 0.25) is 0 Å². The van der Waals surface area contributed by atoms with E-state index in [9.17, 15) is 18.0 Å². The second-order valence-electron chi connectivity index (χ2n) is 6.42. The molecule has 154 valence electrons. The number of hydrogen-bond donors (Lipinski definition) is 0. The lowest BCUT2D eigenvalue weighted by Crippen LogP contribution is -2.12. The fourth-order valence-electron chi connectivity index (χ4n) is 3.02. The first-order valence-corrected chi connectivity index (χ1v) is 10.1. The van der Waals surface area contributed by atoms with Crippen molar-refractivity contribution in [1.29, 1.82) is 0 Å². The smallest absolute Gasteiger partial charge is 0.342 e. The third kappa shape index (κ3) is 4.44. The topological polar surface area (TPSA) is 26.3 Å². The summed E-state index contributed by atoms with van der Waals surface area (Å²) in [5.41, 5.74) is 1.63. The summed E-state index contributed by atoms with van der Waals surface area (Å²) < 4.78 is 47.8. The fraction of sp³-hybridized carbons (Fsp3) is 0.125. The SMILES string of the molecule is COC(=O)c1c(F)c(C)c(F)c(F)c1SCC=C(c1ccccc1)c1ccccc1. The van der Waals surface area contributed by atoms with Crippen LogP contribution in [0.15, 0.2) is 71.6 Å². The Bertz CT molecular complexity index is 1040. The Hall–Kier alpha value is -2.99. The molecule has 0 unspecified atom stereocenters.